The summed E-state index contributed by atoms with van der Waals surface area (Å²) in [5.74, 6) is 0.206. The van der Waals surface area contributed by atoms with Crippen molar-refractivity contribution in [2.24, 2.45) is 0 Å². The van der Waals surface area contributed by atoms with Crippen LogP contribution in [0.25, 0.3) is 10.9 Å². The lowest BCUT2D eigenvalue weighted by atomic mass is 10.2. The molecule has 168 valence electrons. The number of carbonyl (C=O) groups excluding carboxylic acids is 2. The fourth-order valence-corrected chi connectivity index (χ4v) is 4.54. The number of thioether (sulfide) groups is 1. The van der Waals surface area contributed by atoms with Gasteiger partial charge in [0.05, 0.1) is 5.75 Å². The van der Waals surface area contributed by atoms with E-state index in [0.29, 0.717) is 36.0 Å². The summed E-state index contributed by atoms with van der Waals surface area (Å²) in [6, 6.07) is 24.8. The maximum Gasteiger partial charge on any atom is 0.251 e. The van der Waals surface area contributed by atoms with Crippen LogP contribution in [0.4, 0.5) is 0 Å². The number of carbonyl (C=O) groups is 2. The minimum atomic E-state index is -0.132. The summed E-state index contributed by atoms with van der Waals surface area (Å²) in [6.07, 6.45) is 2.05. The Bertz CT molecular complexity index is 1240. The monoisotopic (exact) mass is 477 g/mol. The first-order valence-corrected chi connectivity index (χ1v) is 12.0. The SMILES string of the molecule is O=C(CSc1cn(CCNC(=O)c2ccc(Cl)cc2)c2ccccc12)NCc1ccccc1. The second-order valence-electron chi connectivity index (χ2n) is 7.52. The van der Waals surface area contributed by atoms with E-state index in [1.165, 1.54) is 11.8 Å². The quantitative estimate of drug-likeness (QED) is 0.328. The molecule has 0 aliphatic rings. The van der Waals surface area contributed by atoms with Gasteiger partial charge in [-0.15, -0.1) is 11.8 Å². The lowest BCUT2D eigenvalue weighted by Gasteiger charge is -2.08. The Kier molecular flexibility index (Phi) is 7.70. The van der Waals surface area contributed by atoms with Crippen LogP contribution in [0.15, 0.2) is 90.0 Å². The Morgan fingerprint density at radius 1 is 0.879 bits per heavy atom. The Hall–Kier alpha value is -3.22. The summed E-state index contributed by atoms with van der Waals surface area (Å²) in [6.45, 7) is 1.64. The van der Waals surface area contributed by atoms with Gasteiger partial charge in [-0.05, 0) is 35.9 Å². The van der Waals surface area contributed by atoms with E-state index in [0.717, 1.165) is 21.4 Å². The molecule has 0 spiro atoms. The smallest absolute Gasteiger partial charge is 0.251 e. The van der Waals surface area contributed by atoms with Crippen LogP contribution in [0.1, 0.15) is 15.9 Å². The molecule has 33 heavy (non-hydrogen) atoms. The first kappa shape index (κ1) is 23.0. The van der Waals surface area contributed by atoms with Crippen LogP contribution in [0.2, 0.25) is 5.02 Å². The number of fused-ring (bicyclic) bond motifs is 1. The van der Waals surface area contributed by atoms with Crippen molar-refractivity contribution < 1.29 is 9.59 Å². The highest BCUT2D eigenvalue weighted by Gasteiger charge is 2.11. The second-order valence-corrected chi connectivity index (χ2v) is 8.97. The molecule has 0 aliphatic heterocycles. The molecular formula is C26H24ClN3O2S. The number of benzene rings is 3. The second kappa shape index (κ2) is 11.1. The highest BCUT2D eigenvalue weighted by Crippen LogP contribution is 2.29. The van der Waals surface area contributed by atoms with E-state index >= 15 is 0 Å². The molecule has 0 fully saturated rings. The number of aromatic nitrogens is 1. The van der Waals surface area contributed by atoms with Crippen molar-refractivity contribution in [1.82, 2.24) is 15.2 Å². The Labute approximate surface area is 202 Å². The maximum absolute atomic E-state index is 12.3. The Balaban J connectivity index is 1.34. The standard InChI is InChI=1S/C26H24ClN3O2S/c27-21-12-10-20(11-13-21)26(32)28-14-15-30-17-24(22-8-4-5-9-23(22)30)33-18-25(31)29-16-19-6-2-1-3-7-19/h1-13,17H,14-16,18H2,(H,28,32)(H,29,31). The predicted molar refractivity (Wildman–Crippen MR) is 135 cm³/mol. The van der Waals surface area contributed by atoms with Gasteiger partial charge in [-0.3, -0.25) is 9.59 Å². The van der Waals surface area contributed by atoms with Gasteiger partial charge in [0.25, 0.3) is 5.91 Å². The number of hydrogen-bond acceptors (Lipinski definition) is 3. The van der Waals surface area contributed by atoms with Gasteiger partial charge in [-0.25, -0.2) is 0 Å². The van der Waals surface area contributed by atoms with Crippen molar-refractivity contribution in [2.75, 3.05) is 12.3 Å². The van der Waals surface area contributed by atoms with Gasteiger partial charge in [0.1, 0.15) is 0 Å². The summed E-state index contributed by atoms with van der Waals surface area (Å²) in [5, 5.41) is 7.62. The van der Waals surface area contributed by atoms with Gasteiger partial charge in [0, 0.05) is 52.2 Å². The van der Waals surface area contributed by atoms with Crippen LogP contribution in [-0.2, 0) is 17.9 Å². The average Bonchev–Trinajstić information content (AvgIpc) is 3.20. The molecule has 1 aromatic heterocycles. The topological polar surface area (TPSA) is 63.1 Å². The van der Waals surface area contributed by atoms with Crippen molar-refractivity contribution in [2.45, 2.75) is 18.0 Å². The van der Waals surface area contributed by atoms with Crippen molar-refractivity contribution >= 4 is 46.1 Å². The number of nitrogens with zero attached hydrogens (tertiary/aromatic N) is 1. The molecule has 0 saturated carbocycles. The minimum absolute atomic E-state index is 0.00379. The molecule has 0 aliphatic carbocycles. The molecule has 2 amide bonds. The molecule has 7 heteroatoms. The lowest BCUT2D eigenvalue weighted by molar-refractivity contribution is -0.118. The van der Waals surface area contributed by atoms with Gasteiger partial charge in [-0.1, -0.05) is 60.1 Å². The lowest BCUT2D eigenvalue weighted by Crippen LogP contribution is -2.27. The molecular weight excluding hydrogens is 454 g/mol. The number of amides is 2. The first-order valence-electron chi connectivity index (χ1n) is 10.7. The van der Waals surface area contributed by atoms with Crippen LogP contribution in [0.3, 0.4) is 0 Å². The third-order valence-electron chi connectivity index (χ3n) is 5.19. The van der Waals surface area contributed by atoms with E-state index in [2.05, 4.69) is 27.3 Å². The van der Waals surface area contributed by atoms with E-state index in [4.69, 9.17) is 11.6 Å². The molecule has 2 N–H and O–H groups in total. The summed E-state index contributed by atoms with van der Waals surface area (Å²) in [7, 11) is 0. The van der Waals surface area contributed by atoms with E-state index in [-0.39, 0.29) is 11.8 Å². The van der Waals surface area contributed by atoms with Crippen molar-refractivity contribution in [3.63, 3.8) is 0 Å². The molecule has 1 heterocycles. The number of rotatable bonds is 9. The summed E-state index contributed by atoms with van der Waals surface area (Å²) >= 11 is 7.41. The zero-order valence-electron chi connectivity index (χ0n) is 18.0. The van der Waals surface area contributed by atoms with Gasteiger partial charge < -0.3 is 15.2 Å². The normalized spacial score (nSPS) is 10.8. The molecule has 0 unspecified atom stereocenters. The molecule has 0 atom stereocenters. The third-order valence-corrected chi connectivity index (χ3v) is 6.48. The fraction of sp³-hybridized carbons (Fsp3) is 0.154. The highest BCUT2D eigenvalue weighted by molar-refractivity contribution is 8.00. The average molecular weight is 478 g/mol. The minimum Gasteiger partial charge on any atom is -0.351 e. The van der Waals surface area contributed by atoms with E-state index in [1.54, 1.807) is 24.3 Å². The van der Waals surface area contributed by atoms with Crippen LogP contribution < -0.4 is 10.6 Å². The highest BCUT2D eigenvalue weighted by atomic mass is 35.5. The summed E-state index contributed by atoms with van der Waals surface area (Å²) < 4.78 is 2.11. The summed E-state index contributed by atoms with van der Waals surface area (Å²) in [5.41, 5.74) is 2.73. The van der Waals surface area contributed by atoms with Crippen molar-refractivity contribution in [3.8, 4) is 0 Å². The van der Waals surface area contributed by atoms with Crippen molar-refractivity contribution in [3.05, 3.63) is 101 Å². The van der Waals surface area contributed by atoms with E-state index in [1.807, 2.05) is 48.7 Å². The fourth-order valence-electron chi connectivity index (χ4n) is 3.50. The predicted octanol–water partition coefficient (Wildman–Crippen LogP) is 5.13. The third kappa shape index (κ3) is 6.18. The maximum atomic E-state index is 12.3. The van der Waals surface area contributed by atoms with Crippen molar-refractivity contribution in [1.29, 1.82) is 0 Å². The number of nitrogens with one attached hydrogen (secondary N) is 2. The van der Waals surface area contributed by atoms with Gasteiger partial charge in [-0.2, -0.15) is 0 Å². The molecule has 4 aromatic rings. The van der Waals surface area contributed by atoms with Crippen LogP contribution in [0.5, 0.6) is 0 Å². The Morgan fingerprint density at radius 3 is 2.39 bits per heavy atom. The van der Waals surface area contributed by atoms with E-state index < -0.39 is 0 Å². The molecule has 3 aromatic carbocycles. The molecule has 5 nitrogen and oxygen atoms in total. The molecule has 0 saturated heterocycles. The molecule has 0 radical (unpaired) electrons. The van der Waals surface area contributed by atoms with Gasteiger partial charge in [0.2, 0.25) is 5.91 Å². The number of halogens is 1. The summed E-state index contributed by atoms with van der Waals surface area (Å²) in [4.78, 5) is 25.7. The largest absolute Gasteiger partial charge is 0.351 e. The van der Waals surface area contributed by atoms with Crippen LogP contribution in [-0.4, -0.2) is 28.7 Å². The van der Waals surface area contributed by atoms with Crippen LogP contribution >= 0.6 is 23.4 Å². The van der Waals surface area contributed by atoms with Crippen LogP contribution in [0, 0.1) is 0 Å². The molecule has 4 rings (SSSR count). The zero-order valence-corrected chi connectivity index (χ0v) is 19.5. The number of hydrogen-bond donors (Lipinski definition) is 2. The van der Waals surface area contributed by atoms with Gasteiger partial charge >= 0.3 is 0 Å². The number of para-hydroxylation sites is 1. The zero-order chi connectivity index (χ0) is 23.0. The molecule has 0 bridgehead atoms. The van der Waals surface area contributed by atoms with E-state index in [9.17, 15) is 9.59 Å². The Morgan fingerprint density at radius 2 is 1.61 bits per heavy atom. The first-order chi connectivity index (χ1) is 16.1. The van der Waals surface area contributed by atoms with Gasteiger partial charge in [0.15, 0.2) is 0 Å².